The van der Waals surface area contributed by atoms with Gasteiger partial charge in [0.25, 0.3) is 5.91 Å². The van der Waals surface area contributed by atoms with Gasteiger partial charge in [0.15, 0.2) is 12.4 Å². The van der Waals surface area contributed by atoms with Crippen molar-refractivity contribution in [1.29, 1.82) is 0 Å². The van der Waals surface area contributed by atoms with E-state index >= 15 is 0 Å². The Hall–Kier alpha value is -4.74. The summed E-state index contributed by atoms with van der Waals surface area (Å²) in [6.07, 6.45) is -0.0946. The van der Waals surface area contributed by atoms with Crippen molar-refractivity contribution in [3.63, 3.8) is 0 Å². The molecule has 0 radical (unpaired) electrons. The summed E-state index contributed by atoms with van der Waals surface area (Å²) in [7, 11) is 1.28. The molecule has 0 spiro atoms. The average Bonchev–Trinajstić information content (AvgIpc) is 3.53. The number of ketones is 1. The fraction of sp³-hybridized carbons (Fsp3) is 0.333. The molecule has 258 valence electrons. The molecule has 11 nitrogen and oxygen atoms in total. The molecule has 2 N–H and O–H groups in total. The molecule has 0 aliphatic carbocycles. The lowest BCUT2D eigenvalue weighted by Gasteiger charge is -2.34. The van der Waals surface area contributed by atoms with Crippen LogP contribution in [0.1, 0.15) is 54.6 Å². The third kappa shape index (κ3) is 9.04. The van der Waals surface area contributed by atoms with Crippen molar-refractivity contribution in [3.8, 4) is 0 Å². The Morgan fingerprint density at radius 3 is 2.16 bits per heavy atom. The Kier molecular flexibility index (Phi) is 12.5. The number of nitrogens with zero attached hydrogens (tertiary/aromatic N) is 2. The third-order valence-electron chi connectivity index (χ3n) is 8.20. The lowest BCUT2D eigenvalue weighted by atomic mass is 9.83. The summed E-state index contributed by atoms with van der Waals surface area (Å²) >= 11 is 12.2. The first-order valence-electron chi connectivity index (χ1n) is 15.6. The van der Waals surface area contributed by atoms with E-state index < -0.39 is 54.3 Å². The number of amides is 2. The molecule has 0 fully saturated rings. The van der Waals surface area contributed by atoms with E-state index in [4.69, 9.17) is 32.8 Å². The number of ether oxygens (including phenoxy) is 1. The van der Waals surface area contributed by atoms with Gasteiger partial charge in [0.05, 0.1) is 33.8 Å². The fourth-order valence-electron chi connectivity index (χ4n) is 5.56. The fourth-order valence-corrected chi connectivity index (χ4v) is 6.11. The summed E-state index contributed by atoms with van der Waals surface area (Å²) in [6.45, 7) is 2.95. The molecule has 0 saturated heterocycles. The maximum Gasteiger partial charge on any atom is 0.341 e. The smallest absolute Gasteiger partial charge is 0.341 e. The number of carbonyl (C=O) groups is 5. The Balaban J connectivity index is 1.55. The van der Waals surface area contributed by atoms with Crippen molar-refractivity contribution in [2.24, 2.45) is 11.1 Å². The quantitative estimate of drug-likeness (QED) is 0.197. The van der Waals surface area contributed by atoms with Gasteiger partial charge < -0.3 is 24.9 Å². The Morgan fingerprint density at radius 1 is 0.959 bits per heavy atom. The summed E-state index contributed by atoms with van der Waals surface area (Å²) in [6, 6.07) is 20.3. The maximum absolute atomic E-state index is 14.4. The second-order valence-electron chi connectivity index (χ2n) is 12.0. The van der Waals surface area contributed by atoms with Crippen LogP contribution >= 0.6 is 23.2 Å². The summed E-state index contributed by atoms with van der Waals surface area (Å²) in [5.41, 5.74) is -0.113. The van der Waals surface area contributed by atoms with Crippen LogP contribution in [0.25, 0.3) is 0 Å². The number of carbonyl (C=O) groups excluding carboxylic acids is 4. The highest BCUT2D eigenvalue weighted by Gasteiger charge is 2.52. The average molecular weight is 711 g/mol. The van der Waals surface area contributed by atoms with Gasteiger partial charge in [-0.1, -0.05) is 109 Å². The van der Waals surface area contributed by atoms with Crippen LogP contribution in [0.2, 0.25) is 10.0 Å². The van der Waals surface area contributed by atoms with Gasteiger partial charge in [-0.15, -0.1) is 0 Å². The Morgan fingerprint density at radius 2 is 1.57 bits per heavy atom. The number of benzene rings is 3. The number of carboxylic acids is 1. The van der Waals surface area contributed by atoms with E-state index in [1.807, 2.05) is 44.2 Å². The van der Waals surface area contributed by atoms with Crippen LogP contribution in [0.4, 0.5) is 0 Å². The van der Waals surface area contributed by atoms with E-state index in [-0.39, 0.29) is 40.3 Å². The molecule has 49 heavy (non-hydrogen) atoms. The van der Waals surface area contributed by atoms with Crippen molar-refractivity contribution >= 4 is 58.4 Å². The van der Waals surface area contributed by atoms with E-state index in [0.717, 1.165) is 10.5 Å². The lowest BCUT2D eigenvalue weighted by molar-refractivity contribution is -0.161. The molecule has 1 heterocycles. The van der Waals surface area contributed by atoms with E-state index in [2.05, 4.69) is 10.5 Å². The van der Waals surface area contributed by atoms with E-state index in [9.17, 15) is 29.1 Å². The van der Waals surface area contributed by atoms with Crippen LogP contribution in [0.15, 0.2) is 84.0 Å². The molecule has 3 aromatic rings. The lowest BCUT2D eigenvalue weighted by Crippen LogP contribution is -2.54. The number of carboxylic acid groups (broad SMARTS) is 1. The SMILES string of the molecule is CC(C)[C@H](NC(=O)CCc1ccccc1)C1=NOC(C(=O)N(C)[C@@H](CC(=O)O)C(=O)COC(=O)c2c(Cl)cccc2Cl)(c2ccccc2)C1. The van der Waals surface area contributed by atoms with Crippen molar-refractivity contribution in [2.75, 3.05) is 13.7 Å². The largest absolute Gasteiger partial charge is 0.481 e. The van der Waals surface area contributed by atoms with Gasteiger partial charge in [-0.2, -0.15) is 0 Å². The first kappa shape index (κ1) is 37.1. The van der Waals surface area contributed by atoms with Gasteiger partial charge >= 0.3 is 11.9 Å². The van der Waals surface area contributed by atoms with Gasteiger partial charge in [-0.25, -0.2) is 4.79 Å². The minimum atomic E-state index is -1.79. The molecule has 1 aliphatic heterocycles. The van der Waals surface area contributed by atoms with Crippen molar-refractivity contribution in [3.05, 3.63) is 106 Å². The Bertz CT molecular complexity index is 1700. The minimum Gasteiger partial charge on any atom is -0.481 e. The van der Waals surface area contributed by atoms with Crippen molar-refractivity contribution < 1.29 is 38.7 Å². The summed E-state index contributed by atoms with van der Waals surface area (Å²) in [5, 5.41) is 17.0. The number of aryl methyl sites for hydroxylation is 1. The molecule has 13 heteroatoms. The van der Waals surface area contributed by atoms with Crippen LogP contribution in [0.5, 0.6) is 0 Å². The van der Waals surface area contributed by atoms with Gasteiger partial charge in [0.1, 0.15) is 6.04 Å². The molecular formula is C36H37Cl2N3O8. The number of aliphatic carboxylic acids is 1. The monoisotopic (exact) mass is 709 g/mol. The van der Waals surface area contributed by atoms with E-state index in [1.165, 1.54) is 25.2 Å². The van der Waals surface area contributed by atoms with Crippen LogP contribution in [-0.4, -0.2) is 71.0 Å². The number of rotatable bonds is 15. The topological polar surface area (TPSA) is 152 Å². The zero-order valence-electron chi connectivity index (χ0n) is 27.2. The standard InChI is InChI=1S/C36H37Cl2N3O8/c1-22(2)33(39-30(43)18-17-23-11-6-4-7-12-23)27-20-36(49-40-27,24-13-8-5-9-14-24)35(47)41(3)28(19-31(44)45)29(42)21-48-34(46)32-25(37)15-10-16-26(32)38/h4-16,22,28,33H,17-21H2,1-3H3,(H,39,43)(H,44,45)/t28-,33-,36?/m0/s1. The predicted octanol–water partition coefficient (Wildman–Crippen LogP) is 5.47. The number of esters is 1. The summed E-state index contributed by atoms with van der Waals surface area (Å²) < 4.78 is 5.16. The van der Waals surface area contributed by atoms with Crippen LogP contribution in [0, 0.1) is 5.92 Å². The molecule has 0 aromatic heterocycles. The number of likely N-dealkylation sites (N-methyl/N-ethyl adjacent to an activating group) is 1. The highest BCUT2D eigenvalue weighted by molar-refractivity contribution is 6.39. The molecule has 3 aromatic carbocycles. The third-order valence-corrected chi connectivity index (χ3v) is 8.83. The van der Waals surface area contributed by atoms with Crippen LogP contribution in [0.3, 0.4) is 0 Å². The first-order chi connectivity index (χ1) is 23.3. The van der Waals surface area contributed by atoms with E-state index in [1.54, 1.807) is 30.3 Å². The van der Waals surface area contributed by atoms with Gasteiger partial charge in [-0.3, -0.25) is 19.2 Å². The zero-order valence-corrected chi connectivity index (χ0v) is 28.7. The highest BCUT2D eigenvalue weighted by atomic mass is 35.5. The Labute approximate surface area is 294 Å². The molecular weight excluding hydrogens is 673 g/mol. The second kappa shape index (κ2) is 16.6. The summed E-state index contributed by atoms with van der Waals surface area (Å²) in [5.74, 6) is -4.31. The van der Waals surface area contributed by atoms with Gasteiger partial charge in [0, 0.05) is 25.5 Å². The molecule has 4 rings (SSSR count). The number of hydrogen-bond donors (Lipinski definition) is 2. The molecule has 0 bridgehead atoms. The highest BCUT2D eigenvalue weighted by Crippen LogP contribution is 2.39. The second-order valence-corrected chi connectivity index (χ2v) is 12.8. The molecule has 1 aliphatic rings. The number of Topliss-reactive ketones (excluding diaryl/α,β-unsaturated/α-hetero) is 1. The van der Waals surface area contributed by atoms with Crippen LogP contribution in [-0.2, 0) is 40.8 Å². The van der Waals surface area contributed by atoms with Gasteiger partial charge in [0.2, 0.25) is 11.5 Å². The normalized spacial score (nSPS) is 16.6. The first-order valence-corrected chi connectivity index (χ1v) is 16.4. The number of nitrogens with one attached hydrogen (secondary N) is 1. The number of hydrogen-bond acceptors (Lipinski definition) is 8. The number of halogens is 2. The van der Waals surface area contributed by atoms with Crippen molar-refractivity contribution in [1.82, 2.24) is 10.2 Å². The molecule has 3 atom stereocenters. The summed E-state index contributed by atoms with van der Waals surface area (Å²) in [4.78, 5) is 72.4. The maximum atomic E-state index is 14.4. The molecule has 0 saturated carbocycles. The predicted molar refractivity (Wildman–Crippen MR) is 183 cm³/mol. The van der Waals surface area contributed by atoms with Crippen LogP contribution < -0.4 is 5.32 Å². The van der Waals surface area contributed by atoms with Gasteiger partial charge in [-0.05, 0) is 30.0 Å². The van der Waals surface area contributed by atoms with Crippen molar-refractivity contribution in [2.45, 2.75) is 57.2 Å². The zero-order chi connectivity index (χ0) is 35.7. The molecule has 2 amide bonds. The molecule has 1 unspecified atom stereocenters. The number of oxime groups is 1. The van der Waals surface area contributed by atoms with E-state index in [0.29, 0.717) is 17.7 Å². The minimum absolute atomic E-state index is 0.00501.